The smallest absolute Gasteiger partial charge is 0.244 e. The number of anilines is 1. The average Bonchev–Trinajstić information content (AvgIpc) is 3.30. The van der Waals surface area contributed by atoms with E-state index in [9.17, 15) is 18.0 Å². The van der Waals surface area contributed by atoms with Gasteiger partial charge in [-0.05, 0) is 56.0 Å². The van der Waals surface area contributed by atoms with E-state index in [0.717, 1.165) is 47.4 Å². The number of rotatable bonds is 9. The molecule has 0 aromatic heterocycles. The van der Waals surface area contributed by atoms with Crippen molar-refractivity contribution in [1.82, 2.24) is 10.2 Å². The highest BCUT2D eigenvalue weighted by molar-refractivity contribution is 7.92. The van der Waals surface area contributed by atoms with Gasteiger partial charge in [0.15, 0.2) is 0 Å². The first-order valence-corrected chi connectivity index (χ1v) is 14.1. The molecule has 7 nitrogen and oxygen atoms in total. The zero-order valence-electron chi connectivity index (χ0n) is 20.1. The van der Waals surface area contributed by atoms with E-state index < -0.39 is 28.5 Å². The van der Waals surface area contributed by atoms with Gasteiger partial charge in [0.2, 0.25) is 21.8 Å². The molecule has 2 aromatic rings. The van der Waals surface area contributed by atoms with Gasteiger partial charge in [-0.25, -0.2) is 8.42 Å². The van der Waals surface area contributed by atoms with Gasteiger partial charge in [0.25, 0.3) is 0 Å². The molecule has 10 heteroatoms. The van der Waals surface area contributed by atoms with Crippen LogP contribution in [0.5, 0.6) is 0 Å². The van der Waals surface area contributed by atoms with E-state index in [0.29, 0.717) is 0 Å². The van der Waals surface area contributed by atoms with Crippen molar-refractivity contribution in [1.29, 1.82) is 0 Å². The van der Waals surface area contributed by atoms with Crippen LogP contribution in [0.25, 0.3) is 0 Å². The maximum absolute atomic E-state index is 13.6. The number of hydrogen-bond acceptors (Lipinski definition) is 4. The average molecular weight is 541 g/mol. The van der Waals surface area contributed by atoms with Crippen molar-refractivity contribution in [2.45, 2.75) is 58.2 Å². The van der Waals surface area contributed by atoms with Crippen molar-refractivity contribution in [2.24, 2.45) is 0 Å². The molecular weight excluding hydrogens is 509 g/mol. The molecule has 3 rings (SSSR count). The third-order valence-corrected chi connectivity index (χ3v) is 8.22. The Labute approximate surface area is 217 Å². The van der Waals surface area contributed by atoms with Crippen molar-refractivity contribution < 1.29 is 18.0 Å². The van der Waals surface area contributed by atoms with E-state index in [1.165, 1.54) is 23.1 Å². The van der Waals surface area contributed by atoms with Crippen LogP contribution < -0.4 is 9.62 Å². The van der Waals surface area contributed by atoms with Gasteiger partial charge in [0, 0.05) is 12.6 Å². The van der Waals surface area contributed by atoms with Crippen LogP contribution in [0.1, 0.15) is 43.7 Å². The molecule has 1 aliphatic rings. The molecule has 1 atom stereocenters. The molecule has 0 heterocycles. The SMILES string of the molecule is Cc1ccccc1CN(C(=O)CN(c1ccc(Cl)c(Cl)c1)S(C)(=O)=O)C(C)C(=O)NC1CCCC1. The molecule has 2 amide bonds. The minimum atomic E-state index is -3.84. The predicted molar refractivity (Wildman–Crippen MR) is 140 cm³/mol. The van der Waals surface area contributed by atoms with E-state index in [-0.39, 0.29) is 34.2 Å². The van der Waals surface area contributed by atoms with Crippen molar-refractivity contribution in [2.75, 3.05) is 17.1 Å². The van der Waals surface area contributed by atoms with Crippen LogP contribution in [0.4, 0.5) is 5.69 Å². The van der Waals surface area contributed by atoms with E-state index in [4.69, 9.17) is 23.2 Å². The number of aryl methyl sites for hydroxylation is 1. The standard InChI is InChI=1S/C25H31Cl2N3O4S/c1-17-8-4-5-9-19(17)15-29(18(2)25(32)28-20-10-6-7-11-20)24(31)16-30(35(3,33)34)21-12-13-22(26)23(27)14-21/h4-5,8-9,12-14,18,20H,6-7,10-11,15-16H2,1-3H3,(H,28,32). The molecular formula is C25H31Cl2N3O4S. The summed E-state index contributed by atoms with van der Waals surface area (Å²) in [4.78, 5) is 28.1. The van der Waals surface area contributed by atoms with Gasteiger partial charge in [-0.15, -0.1) is 0 Å². The van der Waals surface area contributed by atoms with Crippen LogP contribution in [-0.4, -0.2) is 50.0 Å². The summed E-state index contributed by atoms with van der Waals surface area (Å²) in [5, 5.41) is 3.49. The fraction of sp³-hybridized carbons (Fsp3) is 0.440. The quantitative estimate of drug-likeness (QED) is 0.506. The third kappa shape index (κ3) is 7.12. The Hall–Kier alpha value is -2.29. The summed E-state index contributed by atoms with van der Waals surface area (Å²) in [7, 11) is -3.84. The molecule has 1 aliphatic carbocycles. The van der Waals surface area contributed by atoms with Gasteiger partial charge in [-0.1, -0.05) is 60.3 Å². The Kier molecular flexibility index (Phi) is 9.07. The van der Waals surface area contributed by atoms with Gasteiger partial charge in [0.1, 0.15) is 12.6 Å². The summed E-state index contributed by atoms with van der Waals surface area (Å²) < 4.78 is 26.2. The van der Waals surface area contributed by atoms with Crippen LogP contribution in [0.3, 0.4) is 0 Å². The Bertz CT molecular complexity index is 1180. The monoisotopic (exact) mass is 539 g/mol. The summed E-state index contributed by atoms with van der Waals surface area (Å²) in [5.41, 5.74) is 2.06. The van der Waals surface area contributed by atoms with Crippen LogP contribution in [-0.2, 0) is 26.2 Å². The van der Waals surface area contributed by atoms with E-state index >= 15 is 0 Å². The number of hydrogen-bond donors (Lipinski definition) is 1. The first-order valence-electron chi connectivity index (χ1n) is 11.5. The summed E-state index contributed by atoms with van der Waals surface area (Å²) >= 11 is 12.1. The number of benzene rings is 2. The lowest BCUT2D eigenvalue weighted by Gasteiger charge is -2.32. The number of sulfonamides is 1. The second-order valence-corrected chi connectivity index (χ2v) is 11.7. The van der Waals surface area contributed by atoms with Gasteiger partial charge in [0.05, 0.1) is 22.0 Å². The second kappa shape index (κ2) is 11.6. The first-order chi connectivity index (χ1) is 16.5. The van der Waals surface area contributed by atoms with Gasteiger partial charge >= 0.3 is 0 Å². The van der Waals surface area contributed by atoms with Gasteiger partial charge in [-0.2, -0.15) is 0 Å². The Morgan fingerprint density at radius 2 is 1.74 bits per heavy atom. The lowest BCUT2D eigenvalue weighted by molar-refractivity contribution is -0.139. The number of nitrogens with zero attached hydrogens (tertiary/aromatic N) is 2. The molecule has 1 unspecified atom stereocenters. The summed E-state index contributed by atoms with van der Waals surface area (Å²) in [6.45, 7) is 3.29. The number of carbonyl (C=O) groups is 2. The topological polar surface area (TPSA) is 86.8 Å². The number of nitrogens with one attached hydrogen (secondary N) is 1. The molecule has 1 fully saturated rings. The van der Waals surface area contributed by atoms with E-state index in [2.05, 4.69) is 5.32 Å². The molecule has 0 saturated heterocycles. The van der Waals surface area contributed by atoms with Crippen molar-refractivity contribution in [3.05, 3.63) is 63.6 Å². The van der Waals surface area contributed by atoms with Gasteiger partial charge < -0.3 is 10.2 Å². The molecule has 0 aliphatic heterocycles. The third-order valence-electron chi connectivity index (χ3n) is 6.34. The fourth-order valence-corrected chi connectivity index (χ4v) is 5.33. The minimum absolute atomic E-state index is 0.101. The number of carbonyl (C=O) groups excluding carboxylic acids is 2. The number of amides is 2. The zero-order chi connectivity index (χ0) is 25.8. The second-order valence-electron chi connectivity index (χ2n) is 8.98. The number of halogens is 2. The normalized spacial score (nSPS) is 15.0. The maximum Gasteiger partial charge on any atom is 0.244 e. The molecule has 0 spiro atoms. The predicted octanol–water partition coefficient (Wildman–Crippen LogP) is 4.54. The Balaban J connectivity index is 1.90. The van der Waals surface area contributed by atoms with E-state index in [1.54, 1.807) is 6.92 Å². The zero-order valence-corrected chi connectivity index (χ0v) is 22.5. The van der Waals surface area contributed by atoms with Crippen LogP contribution >= 0.6 is 23.2 Å². The molecule has 0 radical (unpaired) electrons. The largest absolute Gasteiger partial charge is 0.352 e. The van der Waals surface area contributed by atoms with E-state index in [1.807, 2.05) is 31.2 Å². The van der Waals surface area contributed by atoms with Crippen LogP contribution in [0.2, 0.25) is 10.0 Å². The molecule has 0 bridgehead atoms. The summed E-state index contributed by atoms with van der Waals surface area (Å²) in [6, 6.07) is 11.3. The Morgan fingerprint density at radius 3 is 2.34 bits per heavy atom. The van der Waals surface area contributed by atoms with Gasteiger partial charge in [-0.3, -0.25) is 13.9 Å². The summed E-state index contributed by atoms with van der Waals surface area (Å²) in [6.07, 6.45) is 4.99. The minimum Gasteiger partial charge on any atom is -0.352 e. The lowest BCUT2D eigenvalue weighted by atomic mass is 10.1. The molecule has 35 heavy (non-hydrogen) atoms. The maximum atomic E-state index is 13.6. The molecule has 190 valence electrons. The van der Waals surface area contributed by atoms with Crippen molar-refractivity contribution in [3.8, 4) is 0 Å². The van der Waals surface area contributed by atoms with Crippen LogP contribution in [0, 0.1) is 6.92 Å². The van der Waals surface area contributed by atoms with Crippen LogP contribution in [0.15, 0.2) is 42.5 Å². The molecule has 1 N–H and O–H groups in total. The highest BCUT2D eigenvalue weighted by Crippen LogP contribution is 2.29. The lowest BCUT2D eigenvalue weighted by Crippen LogP contribution is -2.52. The highest BCUT2D eigenvalue weighted by atomic mass is 35.5. The summed E-state index contributed by atoms with van der Waals surface area (Å²) in [5.74, 6) is -0.752. The van der Waals surface area contributed by atoms with Crippen molar-refractivity contribution in [3.63, 3.8) is 0 Å². The highest BCUT2D eigenvalue weighted by Gasteiger charge is 2.31. The first kappa shape index (κ1) is 27.3. The van der Waals surface area contributed by atoms with Crippen molar-refractivity contribution >= 4 is 50.7 Å². The molecule has 1 saturated carbocycles. The fourth-order valence-electron chi connectivity index (χ4n) is 4.20. The molecule has 2 aromatic carbocycles. The Morgan fingerprint density at radius 1 is 1.09 bits per heavy atom.